The van der Waals surface area contributed by atoms with E-state index in [0.29, 0.717) is 39.3 Å². The molecule has 0 spiro atoms. The Hall–Kier alpha value is -2.56. The molecular weight excluding hydrogens is 356 g/mol. The van der Waals surface area contributed by atoms with Crippen LogP contribution in [0.2, 0.25) is 0 Å². The van der Waals surface area contributed by atoms with Gasteiger partial charge in [0.15, 0.2) is 0 Å². The first-order chi connectivity index (χ1) is 12.8. The zero-order valence-corrected chi connectivity index (χ0v) is 15.3. The lowest BCUT2D eigenvalue weighted by molar-refractivity contribution is -0.384. The lowest BCUT2D eigenvalue weighted by atomic mass is 10.2. The van der Waals surface area contributed by atoms with Crippen molar-refractivity contribution < 1.29 is 24.7 Å². The number of non-ortho nitro benzene ring substituents is 1. The maximum atomic E-state index is 11.0. The van der Waals surface area contributed by atoms with Gasteiger partial charge in [0.2, 0.25) is 0 Å². The summed E-state index contributed by atoms with van der Waals surface area (Å²) in [5.74, 6) is -1.85. The van der Waals surface area contributed by atoms with Crippen molar-refractivity contribution in [1.82, 2.24) is 15.1 Å². The fraction of sp³-hybridized carbons (Fsp3) is 0.529. The molecule has 150 valence electrons. The molecule has 10 heteroatoms. The lowest BCUT2D eigenvalue weighted by Crippen LogP contribution is -2.42. The Kier molecular flexibility index (Phi) is 9.94. The standard InChI is InChI=1S/C17H26N4O6/c1-2-19(12-16(22)23)9-10-20(13-17(24)25)8-7-18-11-14-3-5-15(6-4-14)21(26)27/h3-6,18H,2,7-13H2,1H3,(H,22,23)(H,24,25). The molecule has 0 aliphatic heterocycles. The number of nitrogens with one attached hydrogen (secondary N) is 1. The summed E-state index contributed by atoms with van der Waals surface area (Å²) in [6, 6.07) is 6.22. The largest absolute Gasteiger partial charge is 0.480 e. The number of nitro groups is 1. The third-order valence-electron chi connectivity index (χ3n) is 3.98. The zero-order valence-electron chi connectivity index (χ0n) is 15.3. The van der Waals surface area contributed by atoms with Crippen LogP contribution in [0.5, 0.6) is 0 Å². The van der Waals surface area contributed by atoms with E-state index in [0.717, 1.165) is 5.56 Å². The summed E-state index contributed by atoms with van der Waals surface area (Å²) in [4.78, 5) is 35.5. The topological polar surface area (TPSA) is 136 Å². The second kappa shape index (κ2) is 11.9. The van der Waals surface area contributed by atoms with Crippen LogP contribution in [0.15, 0.2) is 24.3 Å². The highest BCUT2D eigenvalue weighted by molar-refractivity contribution is 5.69. The molecule has 10 nitrogen and oxygen atoms in total. The third kappa shape index (κ3) is 9.64. The number of carbonyl (C=O) groups is 2. The van der Waals surface area contributed by atoms with Crippen molar-refractivity contribution in [3.05, 3.63) is 39.9 Å². The van der Waals surface area contributed by atoms with E-state index in [4.69, 9.17) is 10.2 Å². The highest BCUT2D eigenvalue weighted by atomic mass is 16.6. The maximum Gasteiger partial charge on any atom is 0.317 e. The average molecular weight is 382 g/mol. The number of rotatable bonds is 14. The molecule has 0 bridgehead atoms. The van der Waals surface area contributed by atoms with Crippen LogP contribution in [-0.2, 0) is 16.1 Å². The van der Waals surface area contributed by atoms with Gasteiger partial charge in [0.1, 0.15) is 0 Å². The van der Waals surface area contributed by atoms with Gasteiger partial charge in [-0.1, -0.05) is 19.1 Å². The summed E-state index contributed by atoms with van der Waals surface area (Å²) in [6.07, 6.45) is 0. The smallest absolute Gasteiger partial charge is 0.317 e. The van der Waals surface area contributed by atoms with Crippen molar-refractivity contribution in [3.8, 4) is 0 Å². The van der Waals surface area contributed by atoms with E-state index in [9.17, 15) is 19.7 Å². The molecule has 3 N–H and O–H groups in total. The highest BCUT2D eigenvalue weighted by Gasteiger charge is 2.13. The molecule has 0 aliphatic carbocycles. The van der Waals surface area contributed by atoms with Crippen molar-refractivity contribution in [3.63, 3.8) is 0 Å². The summed E-state index contributed by atoms with van der Waals surface area (Å²) in [5, 5.41) is 31.7. The molecule has 0 aliphatic rings. The number of hydrogen-bond donors (Lipinski definition) is 3. The monoisotopic (exact) mass is 382 g/mol. The molecule has 0 heterocycles. The molecule has 1 aromatic rings. The predicted molar refractivity (Wildman–Crippen MR) is 98.6 cm³/mol. The Labute approximate surface area is 157 Å². The van der Waals surface area contributed by atoms with Gasteiger partial charge in [-0.25, -0.2) is 0 Å². The normalized spacial score (nSPS) is 11.1. The van der Waals surface area contributed by atoms with Gasteiger partial charge in [0.25, 0.3) is 5.69 Å². The predicted octanol–water partition coefficient (Wildman–Crippen LogP) is 0.478. The molecule has 0 amide bonds. The SMILES string of the molecule is CCN(CCN(CCNCc1ccc([N+](=O)[O-])cc1)CC(=O)O)CC(=O)O. The van der Waals surface area contributed by atoms with Gasteiger partial charge < -0.3 is 15.5 Å². The van der Waals surface area contributed by atoms with Crippen molar-refractivity contribution in [2.24, 2.45) is 0 Å². The van der Waals surface area contributed by atoms with E-state index in [-0.39, 0.29) is 18.8 Å². The summed E-state index contributed by atoms with van der Waals surface area (Å²) in [7, 11) is 0. The van der Waals surface area contributed by atoms with E-state index >= 15 is 0 Å². The van der Waals surface area contributed by atoms with Crippen LogP contribution in [-0.4, -0.2) is 82.7 Å². The van der Waals surface area contributed by atoms with Crippen LogP contribution in [0.4, 0.5) is 5.69 Å². The maximum absolute atomic E-state index is 11.0. The Bertz CT molecular complexity index is 622. The van der Waals surface area contributed by atoms with Crippen LogP contribution in [0.25, 0.3) is 0 Å². The van der Waals surface area contributed by atoms with Gasteiger partial charge in [-0.2, -0.15) is 0 Å². The molecule has 1 aromatic carbocycles. The molecule has 0 aromatic heterocycles. The molecule has 0 unspecified atom stereocenters. The summed E-state index contributed by atoms with van der Waals surface area (Å²) >= 11 is 0. The van der Waals surface area contributed by atoms with Gasteiger partial charge in [0, 0.05) is 44.9 Å². The number of likely N-dealkylation sites (N-methyl/N-ethyl adjacent to an activating group) is 1. The van der Waals surface area contributed by atoms with E-state index < -0.39 is 16.9 Å². The first kappa shape index (κ1) is 22.5. The summed E-state index contributed by atoms with van der Waals surface area (Å²) < 4.78 is 0. The average Bonchev–Trinajstić information content (AvgIpc) is 2.61. The second-order valence-corrected chi connectivity index (χ2v) is 6.03. The zero-order chi connectivity index (χ0) is 20.2. The number of nitro benzene ring substituents is 1. The van der Waals surface area contributed by atoms with E-state index in [1.54, 1.807) is 21.9 Å². The Morgan fingerprint density at radius 3 is 2.11 bits per heavy atom. The first-order valence-corrected chi connectivity index (χ1v) is 8.64. The van der Waals surface area contributed by atoms with Crippen molar-refractivity contribution in [1.29, 1.82) is 0 Å². The highest BCUT2D eigenvalue weighted by Crippen LogP contribution is 2.11. The van der Waals surface area contributed by atoms with Gasteiger partial charge in [0.05, 0.1) is 18.0 Å². The van der Waals surface area contributed by atoms with Crippen molar-refractivity contribution in [2.75, 3.05) is 45.8 Å². The molecule has 0 saturated heterocycles. The van der Waals surface area contributed by atoms with E-state index in [1.807, 2.05) is 6.92 Å². The number of benzene rings is 1. The van der Waals surface area contributed by atoms with Crippen LogP contribution in [0.1, 0.15) is 12.5 Å². The van der Waals surface area contributed by atoms with Crippen LogP contribution in [0.3, 0.4) is 0 Å². The quantitative estimate of drug-likeness (QED) is 0.238. The second-order valence-electron chi connectivity index (χ2n) is 6.03. The van der Waals surface area contributed by atoms with Crippen LogP contribution < -0.4 is 5.32 Å². The Morgan fingerprint density at radius 1 is 1.04 bits per heavy atom. The number of hydrogen-bond acceptors (Lipinski definition) is 7. The minimum Gasteiger partial charge on any atom is -0.480 e. The van der Waals surface area contributed by atoms with Crippen molar-refractivity contribution >= 4 is 17.6 Å². The number of carboxylic acids is 2. The molecule has 0 atom stereocenters. The summed E-state index contributed by atoms with van der Waals surface area (Å²) in [5.41, 5.74) is 0.928. The van der Waals surface area contributed by atoms with Gasteiger partial charge in [-0.05, 0) is 12.1 Å². The summed E-state index contributed by atoms with van der Waals surface area (Å²) in [6.45, 7) is 4.70. The van der Waals surface area contributed by atoms with Gasteiger partial charge in [-0.3, -0.25) is 29.5 Å². The molecular formula is C17H26N4O6. The molecule has 0 fully saturated rings. The van der Waals surface area contributed by atoms with E-state index in [2.05, 4.69) is 5.32 Å². The molecule has 27 heavy (non-hydrogen) atoms. The van der Waals surface area contributed by atoms with Crippen molar-refractivity contribution in [2.45, 2.75) is 13.5 Å². The molecule has 1 rings (SSSR count). The fourth-order valence-electron chi connectivity index (χ4n) is 2.49. The Morgan fingerprint density at radius 2 is 1.59 bits per heavy atom. The number of nitrogens with zero attached hydrogens (tertiary/aromatic N) is 3. The molecule has 0 saturated carbocycles. The fourth-order valence-corrected chi connectivity index (χ4v) is 2.49. The van der Waals surface area contributed by atoms with Gasteiger partial charge >= 0.3 is 11.9 Å². The first-order valence-electron chi connectivity index (χ1n) is 8.64. The third-order valence-corrected chi connectivity index (χ3v) is 3.98. The van der Waals surface area contributed by atoms with Gasteiger partial charge in [-0.15, -0.1) is 0 Å². The minimum absolute atomic E-state index is 0.0354. The Balaban J connectivity index is 2.41. The molecule has 0 radical (unpaired) electrons. The number of aliphatic carboxylic acids is 2. The lowest BCUT2D eigenvalue weighted by Gasteiger charge is -2.25. The van der Waals surface area contributed by atoms with Crippen LogP contribution in [0, 0.1) is 10.1 Å². The minimum atomic E-state index is -0.938. The van der Waals surface area contributed by atoms with E-state index in [1.165, 1.54) is 12.1 Å². The number of carboxylic acid groups (broad SMARTS) is 2. The van der Waals surface area contributed by atoms with Crippen LogP contribution >= 0.6 is 0 Å².